The molecule has 2 aromatic carbocycles. The molecule has 2 N–H and O–H groups in total. The minimum absolute atomic E-state index is 0.387. The number of halogens is 1. The molecule has 2 aromatic rings. The van der Waals surface area contributed by atoms with Crippen molar-refractivity contribution in [2.24, 2.45) is 5.73 Å². The second-order valence-electron chi connectivity index (χ2n) is 3.40. The van der Waals surface area contributed by atoms with Crippen LogP contribution in [0.15, 0.2) is 48.5 Å². The molecule has 3 heteroatoms. The minimum Gasteiger partial charge on any atom is -0.366 e. The topological polar surface area (TPSA) is 43.1 Å². The van der Waals surface area contributed by atoms with Crippen molar-refractivity contribution in [2.75, 3.05) is 0 Å². The molecule has 0 aliphatic heterocycles. The zero-order chi connectivity index (χ0) is 11.5. The van der Waals surface area contributed by atoms with E-state index < -0.39 is 0 Å². The fraction of sp³-hybridized carbons (Fsp3) is 0. The molecular weight excluding hydrogens is 313 g/mol. The van der Waals surface area contributed by atoms with Crippen LogP contribution in [0.2, 0.25) is 0 Å². The number of nitrogens with two attached hydrogens (primary N) is 1. The smallest absolute Gasteiger partial charge is 0.249 e. The van der Waals surface area contributed by atoms with Crippen molar-refractivity contribution in [3.05, 3.63) is 57.7 Å². The molecule has 2 nitrogen and oxygen atoms in total. The van der Waals surface area contributed by atoms with Gasteiger partial charge in [0.15, 0.2) is 0 Å². The normalized spacial score (nSPS) is 10.1. The van der Waals surface area contributed by atoms with Gasteiger partial charge in [-0.05, 0) is 39.8 Å². The largest absolute Gasteiger partial charge is 0.366 e. The van der Waals surface area contributed by atoms with Gasteiger partial charge in [-0.3, -0.25) is 4.79 Å². The Balaban J connectivity index is 2.59. The van der Waals surface area contributed by atoms with E-state index in [1.54, 1.807) is 6.07 Å². The molecule has 0 aliphatic carbocycles. The van der Waals surface area contributed by atoms with E-state index in [1.807, 2.05) is 42.5 Å². The number of hydrogen-bond acceptors (Lipinski definition) is 1. The van der Waals surface area contributed by atoms with Gasteiger partial charge in [-0.2, -0.15) is 0 Å². The number of hydrogen-bond donors (Lipinski definition) is 1. The number of carbonyl (C=O) groups excluding carboxylic acids is 1. The van der Waals surface area contributed by atoms with Crippen molar-refractivity contribution in [2.45, 2.75) is 0 Å². The molecule has 0 aliphatic rings. The first kappa shape index (κ1) is 11.1. The molecule has 2 rings (SSSR count). The average molecular weight is 323 g/mol. The molecule has 80 valence electrons. The van der Waals surface area contributed by atoms with E-state index in [9.17, 15) is 4.79 Å². The van der Waals surface area contributed by atoms with Crippen LogP contribution in [0.25, 0.3) is 11.1 Å². The Hall–Kier alpha value is -1.36. The van der Waals surface area contributed by atoms with Crippen LogP contribution in [0.5, 0.6) is 0 Å². The third-order valence-electron chi connectivity index (χ3n) is 2.35. The highest BCUT2D eigenvalue weighted by Gasteiger charge is 2.10. The van der Waals surface area contributed by atoms with E-state index in [2.05, 4.69) is 22.6 Å². The van der Waals surface area contributed by atoms with E-state index in [1.165, 1.54) is 0 Å². The Morgan fingerprint density at radius 1 is 1.00 bits per heavy atom. The molecular formula is C13H10INO. The van der Waals surface area contributed by atoms with E-state index in [-0.39, 0.29) is 5.91 Å². The molecule has 0 saturated carbocycles. The lowest BCUT2D eigenvalue weighted by atomic mass is 10.0. The maximum atomic E-state index is 11.2. The SMILES string of the molecule is NC(=O)c1cccc(-c2ccccc2)c1I. The first-order valence-electron chi connectivity index (χ1n) is 4.84. The van der Waals surface area contributed by atoms with Crippen molar-refractivity contribution < 1.29 is 4.79 Å². The van der Waals surface area contributed by atoms with Crippen molar-refractivity contribution in [3.8, 4) is 11.1 Å². The van der Waals surface area contributed by atoms with Crippen LogP contribution in [-0.2, 0) is 0 Å². The minimum atomic E-state index is -0.387. The summed E-state index contributed by atoms with van der Waals surface area (Å²) in [5, 5.41) is 0. The van der Waals surface area contributed by atoms with Crippen molar-refractivity contribution >= 4 is 28.5 Å². The maximum absolute atomic E-state index is 11.2. The van der Waals surface area contributed by atoms with Crippen LogP contribution in [0.1, 0.15) is 10.4 Å². The zero-order valence-electron chi connectivity index (χ0n) is 8.48. The summed E-state index contributed by atoms with van der Waals surface area (Å²) >= 11 is 2.16. The van der Waals surface area contributed by atoms with E-state index in [0.29, 0.717) is 5.56 Å². The van der Waals surface area contributed by atoms with Crippen LogP contribution in [0.3, 0.4) is 0 Å². The lowest BCUT2D eigenvalue weighted by molar-refractivity contribution is 0.0999. The summed E-state index contributed by atoms with van der Waals surface area (Å²) in [6, 6.07) is 15.5. The van der Waals surface area contributed by atoms with Crippen LogP contribution in [0.4, 0.5) is 0 Å². The van der Waals surface area contributed by atoms with Gasteiger partial charge in [-0.1, -0.05) is 42.5 Å². The van der Waals surface area contributed by atoms with Crippen LogP contribution in [0, 0.1) is 3.57 Å². The van der Waals surface area contributed by atoms with Gasteiger partial charge in [0.2, 0.25) is 5.91 Å². The highest BCUT2D eigenvalue weighted by atomic mass is 127. The van der Waals surface area contributed by atoms with Crippen molar-refractivity contribution in [3.63, 3.8) is 0 Å². The number of amides is 1. The predicted octanol–water partition coefficient (Wildman–Crippen LogP) is 3.06. The molecule has 0 heterocycles. The number of rotatable bonds is 2. The highest BCUT2D eigenvalue weighted by molar-refractivity contribution is 14.1. The Morgan fingerprint density at radius 2 is 1.69 bits per heavy atom. The summed E-state index contributed by atoms with van der Waals surface area (Å²) in [7, 11) is 0. The summed E-state index contributed by atoms with van der Waals surface area (Å²) in [4.78, 5) is 11.2. The molecule has 1 amide bonds. The Bertz CT molecular complexity index is 523. The highest BCUT2D eigenvalue weighted by Crippen LogP contribution is 2.27. The maximum Gasteiger partial charge on any atom is 0.249 e. The number of carbonyl (C=O) groups is 1. The summed E-state index contributed by atoms with van der Waals surface area (Å²) < 4.78 is 0.902. The molecule has 0 atom stereocenters. The van der Waals surface area contributed by atoms with Gasteiger partial charge in [0, 0.05) is 3.57 Å². The van der Waals surface area contributed by atoms with Crippen LogP contribution in [-0.4, -0.2) is 5.91 Å². The lowest BCUT2D eigenvalue weighted by Gasteiger charge is -2.07. The molecule has 0 bridgehead atoms. The Labute approximate surface area is 108 Å². The van der Waals surface area contributed by atoms with Gasteiger partial charge < -0.3 is 5.73 Å². The van der Waals surface area contributed by atoms with Gasteiger partial charge in [-0.15, -0.1) is 0 Å². The Morgan fingerprint density at radius 3 is 2.31 bits per heavy atom. The third kappa shape index (κ3) is 2.09. The van der Waals surface area contributed by atoms with Crippen LogP contribution >= 0.6 is 22.6 Å². The lowest BCUT2D eigenvalue weighted by Crippen LogP contribution is -2.13. The fourth-order valence-electron chi connectivity index (χ4n) is 1.56. The van der Waals surface area contributed by atoms with E-state index in [4.69, 9.17) is 5.73 Å². The van der Waals surface area contributed by atoms with Crippen LogP contribution < -0.4 is 5.73 Å². The molecule has 0 spiro atoms. The zero-order valence-corrected chi connectivity index (χ0v) is 10.6. The monoisotopic (exact) mass is 323 g/mol. The van der Waals surface area contributed by atoms with Crippen molar-refractivity contribution in [1.29, 1.82) is 0 Å². The third-order valence-corrected chi connectivity index (χ3v) is 3.51. The summed E-state index contributed by atoms with van der Waals surface area (Å²) in [6.07, 6.45) is 0. The summed E-state index contributed by atoms with van der Waals surface area (Å²) in [6.45, 7) is 0. The van der Waals surface area contributed by atoms with E-state index in [0.717, 1.165) is 14.7 Å². The first-order valence-corrected chi connectivity index (χ1v) is 5.92. The average Bonchev–Trinajstić information content (AvgIpc) is 2.30. The summed E-state index contributed by atoms with van der Waals surface area (Å²) in [5.41, 5.74) is 8.02. The fourth-order valence-corrected chi connectivity index (χ4v) is 2.50. The van der Waals surface area contributed by atoms with Gasteiger partial charge >= 0.3 is 0 Å². The molecule has 0 fully saturated rings. The van der Waals surface area contributed by atoms with Gasteiger partial charge in [0.25, 0.3) is 0 Å². The Kier molecular flexibility index (Phi) is 3.24. The summed E-state index contributed by atoms with van der Waals surface area (Å²) in [5.74, 6) is -0.387. The van der Waals surface area contributed by atoms with Gasteiger partial charge in [0.05, 0.1) is 5.56 Å². The predicted molar refractivity (Wildman–Crippen MR) is 73.1 cm³/mol. The molecule has 0 aromatic heterocycles. The standard InChI is InChI=1S/C13H10INO/c14-12-10(9-5-2-1-3-6-9)7-4-8-11(12)13(15)16/h1-8H,(H2,15,16). The molecule has 0 unspecified atom stereocenters. The van der Waals surface area contributed by atoms with E-state index >= 15 is 0 Å². The number of primary amides is 1. The van der Waals surface area contributed by atoms with Crippen molar-refractivity contribution in [1.82, 2.24) is 0 Å². The first-order chi connectivity index (χ1) is 7.70. The number of benzene rings is 2. The second kappa shape index (κ2) is 4.65. The molecule has 0 saturated heterocycles. The molecule has 16 heavy (non-hydrogen) atoms. The quantitative estimate of drug-likeness (QED) is 0.848. The van der Waals surface area contributed by atoms with Gasteiger partial charge in [0.1, 0.15) is 0 Å². The second-order valence-corrected chi connectivity index (χ2v) is 4.48. The van der Waals surface area contributed by atoms with Gasteiger partial charge in [-0.25, -0.2) is 0 Å². The molecule has 0 radical (unpaired) electrons.